The van der Waals surface area contributed by atoms with Crippen LogP contribution >= 0.6 is 0 Å². The Balaban J connectivity index is 1.35. The highest BCUT2D eigenvalue weighted by atomic mass is 19.1. The summed E-state index contributed by atoms with van der Waals surface area (Å²) in [6.07, 6.45) is 2.94. The number of benzene rings is 2. The van der Waals surface area contributed by atoms with Crippen LogP contribution in [-0.2, 0) is 24.4 Å². The van der Waals surface area contributed by atoms with Gasteiger partial charge in [-0.3, -0.25) is 4.90 Å². The van der Waals surface area contributed by atoms with E-state index in [1.54, 1.807) is 12.1 Å². The van der Waals surface area contributed by atoms with E-state index in [9.17, 15) is 4.39 Å². The summed E-state index contributed by atoms with van der Waals surface area (Å²) in [5.41, 5.74) is 4.42. The van der Waals surface area contributed by atoms with Crippen LogP contribution < -0.4 is 0 Å². The predicted molar refractivity (Wildman–Crippen MR) is 106 cm³/mol. The maximum Gasteiger partial charge on any atom is 0.135 e. The summed E-state index contributed by atoms with van der Waals surface area (Å²) >= 11 is 0. The van der Waals surface area contributed by atoms with Gasteiger partial charge in [0.25, 0.3) is 0 Å². The Morgan fingerprint density at radius 3 is 2.82 bits per heavy atom. The predicted octanol–water partition coefficient (Wildman–Crippen LogP) is 4.17. The van der Waals surface area contributed by atoms with Gasteiger partial charge in [0, 0.05) is 19.6 Å². The minimum absolute atomic E-state index is 0.175. The van der Waals surface area contributed by atoms with Gasteiger partial charge in [-0.15, -0.1) is 0 Å². The number of aromatic nitrogens is 2. The quantitative estimate of drug-likeness (QED) is 0.686. The largest absolute Gasteiger partial charge is 0.364 e. The molecule has 0 unspecified atom stereocenters. The molecule has 5 heteroatoms. The Morgan fingerprint density at radius 2 is 2.00 bits per heavy atom. The molecule has 0 aliphatic carbocycles. The highest BCUT2D eigenvalue weighted by molar-refractivity contribution is 5.60. The van der Waals surface area contributed by atoms with Gasteiger partial charge >= 0.3 is 0 Å². The number of hydrogen-bond acceptors (Lipinski definition) is 3. The number of fused-ring (bicyclic) bond motifs is 1. The average molecular weight is 377 g/mol. The monoisotopic (exact) mass is 377 g/mol. The van der Waals surface area contributed by atoms with Gasteiger partial charge in [0.2, 0.25) is 0 Å². The molecule has 2 aromatic carbocycles. The molecule has 28 heavy (non-hydrogen) atoms. The van der Waals surface area contributed by atoms with Crippen molar-refractivity contribution in [2.75, 3.05) is 13.1 Å². The number of likely N-dealkylation sites (tertiary alicyclic amines) is 1. The fraction of sp³-hybridized carbons (Fsp3) is 0.348. The number of hydrogen-bond donors (Lipinski definition) is 0. The summed E-state index contributed by atoms with van der Waals surface area (Å²) in [6.45, 7) is 6.02. The van der Waals surface area contributed by atoms with E-state index in [0.717, 1.165) is 49.7 Å². The van der Waals surface area contributed by atoms with Crippen molar-refractivity contribution in [3.8, 4) is 11.3 Å². The first-order valence-electron chi connectivity index (χ1n) is 9.82. The number of nitrogens with zero attached hydrogens (tertiary/aromatic N) is 3. The van der Waals surface area contributed by atoms with Crippen molar-refractivity contribution in [2.45, 2.75) is 38.6 Å². The number of aryl methyl sites for hydroxylation is 1. The lowest BCUT2D eigenvalue weighted by Crippen LogP contribution is -2.44. The number of ether oxygens (including phenoxy) is 1. The lowest BCUT2D eigenvalue weighted by Gasteiger charge is -2.35. The molecular formula is C23H24FN3O. The molecule has 1 spiro atoms. The molecule has 4 nitrogen and oxygen atoms in total. The normalized spacial score (nSPS) is 21.9. The van der Waals surface area contributed by atoms with Gasteiger partial charge in [-0.2, -0.15) is 0 Å². The van der Waals surface area contributed by atoms with Crippen LogP contribution in [-0.4, -0.2) is 33.1 Å². The molecule has 0 N–H and O–H groups in total. The van der Waals surface area contributed by atoms with Crippen molar-refractivity contribution in [1.82, 2.24) is 14.5 Å². The minimum Gasteiger partial charge on any atom is -0.364 e. The van der Waals surface area contributed by atoms with Crippen LogP contribution in [0.15, 0.2) is 54.7 Å². The van der Waals surface area contributed by atoms with Crippen molar-refractivity contribution in [3.63, 3.8) is 0 Å². The zero-order chi connectivity index (χ0) is 19.1. The standard InChI is InChI=1S/C23H24FN3O/c1-17-5-7-19(8-6-17)21-12-25-22-14-28-23(16-27(21)22)9-10-26(15-23)13-18-3-2-4-20(24)11-18/h2-8,11-12H,9-10,13-16H2,1H3/t23-/m1/s1. The second kappa shape index (κ2) is 6.83. The van der Waals surface area contributed by atoms with E-state index in [-0.39, 0.29) is 11.4 Å². The number of rotatable bonds is 3. The smallest absolute Gasteiger partial charge is 0.135 e. The Labute approximate surface area is 164 Å². The summed E-state index contributed by atoms with van der Waals surface area (Å²) in [4.78, 5) is 6.95. The summed E-state index contributed by atoms with van der Waals surface area (Å²) in [5.74, 6) is 0.816. The molecule has 1 saturated heterocycles. The van der Waals surface area contributed by atoms with Crippen molar-refractivity contribution in [2.24, 2.45) is 0 Å². The molecule has 2 aliphatic heterocycles. The van der Waals surface area contributed by atoms with Crippen LogP contribution in [0.4, 0.5) is 4.39 Å². The van der Waals surface area contributed by atoms with Crippen LogP contribution in [0.25, 0.3) is 11.3 Å². The van der Waals surface area contributed by atoms with Crippen LogP contribution in [0.1, 0.15) is 23.4 Å². The lowest BCUT2D eigenvalue weighted by molar-refractivity contribution is -0.0821. The molecule has 2 aliphatic rings. The van der Waals surface area contributed by atoms with Gasteiger partial charge in [-0.25, -0.2) is 9.37 Å². The van der Waals surface area contributed by atoms with Gasteiger partial charge in [-0.1, -0.05) is 42.0 Å². The summed E-state index contributed by atoms with van der Waals surface area (Å²) in [7, 11) is 0. The summed E-state index contributed by atoms with van der Waals surface area (Å²) in [6, 6.07) is 15.5. The molecule has 0 radical (unpaired) electrons. The first-order chi connectivity index (χ1) is 13.6. The molecule has 144 valence electrons. The first kappa shape index (κ1) is 17.6. The first-order valence-corrected chi connectivity index (χ1v) is 9.82. The van der Waals surface area contributed by atoms with E-state index in [2.05, 4.69) is 45.6 Å². The van der Waals surface area contributed by atoms with Gasteiger partial charge < -0.3 is 9.30 Å². The third-order valence-corrected chi connectivity index (χ3v) is 5.93. The average Bonchev–Trinajstić information content (AvgIpc) is 3.27. The maximum atomic E-state index is 13.5. The van der Waals surface area contributed by atoms with Gasteiger partial charge in [0.1, 0.15) is 23.8 Å². The van der Waals surface area contributed by atoms with Crippen LogP contribution in [0.5, 0.6) is 0 Å². The van der Waals surface area contributed by atoms with Crippen molar-refractivity contribution in [1.29, 1.82) is 0 Å². The van der Waals surface area contributed by atoms with Gasteiger partial charge in [0.15, 0.2) is 0 Å². The van der Waals surface area contributed by atoms with E-state index >= 15 is 0 Å². The maximum absolute atomic E-state index is 13.5. The van der Waals surface area contributed by atoms with Crippen molar-refractivity contribution in [3.05, 3.63) is 77.5 Å². The van der Waals surface area contributed by atoms with E-state index < -0.39 is 0 Å². The molecule has 3 aromatic rings. The second-order valence-corrected chi connectivity index (χ2v) is 8.07. The van der Waals surface area contributed by atoms with Crippen molar-refractivity contribution >= 4 is 0 Å². The molecule has 0 bridgehead atoms. The van der Waals surface area contributed by atoms with Gasteiger partial charge in [-0.05, 0) is 36.6 Å². The van der Waals surface area contributed by atoms with Crippen LogP contribution in [0, 0.1) is 12.7 Å². The van der Waals surface area contributed by atoms with Gasteiger partial charge in [0.05, 0.1) is 18.4 Å². The molecule has 1 atom stereocenters. The fourth-order valence-corrected chi connectivity index (χ4v) is 4.41. The Kier molecular flexibility index (Phi) is 4.29. The van der Waals surface area contributed by atoms with E-state index in [1.807, 2.05) is 12.3 Å². The molecule has 1 fully saturated rings. The molecule has 3 heterocycles. The Hall–Kier alpha value is -2.50. The second-order valence-electron chi connectivity index (χ2n) is 8.07. The highest BCUT2D eigenvalue weighted by Gasteiger charge is 2.43. The molecule has 1 aromatic heterocycles. The minimum atomic E-state index is -0.194. The summed E-state index contributed by atoms with van der Waals surface area (Å²) < 4.78 is 22.1. The molecule has 5 rings (SSSR count). The number of halogens is 1. The summed E-state index contributed by atoms with van der Waals surface area (Å²) in [5, 5.41) is 0. The SMILES string of the molecule is Cc1ccc(-c2cnc3n2C[C@]2(CCN(Cc4cccc(F)c4)C2)OC3)cc1. The van der Waals surface area contributed by atoms with E-state index in [4.69, 9.17) is 4.74 Å². The van der Waals surface area contributed by atoms with Crippen LogP contribution in [0.3, 0.4) is 0 Å². The molecule has 0 amide bonds. The topological polar surface area (TPSA) is 30.3 Å². The Morgan fingerprint density at radius 1 is 1.14 bits per heavy atom. The Bertz CT molecular complexity index is 997. The third kappa shape index (κ3) is 3.25. The molecular weight excluding hydrogens is 353 g/mol. The number of imidazole rings is 1. The zero-order valence-electron chi connectivity index (χ0n) is 16.1. The van der Waals surface area contributed by atoms with E-state index in [1.165, 1.54) is 17.2 Å². The fourth-order valence-electron chi connectivity index (χ4n) is 4.41. The molecule has 0 saturated carbocycles. The lowest BCUT2D eigenvalue weighted by atomic mass is 10.0. The van der Waals surface area contributed by atoms with Crippen LogP contribution in [0.2, 0.25) is 0 Å². The van der Waals surface area contributed by atoms with Crippen molar-refractivity contribution < 1.29 is 9.13 Å². The third-order valence-electron chi connectivity index (χ3n) is 5.93. The highest BCUT2D eigenvalue weighted by Crippen LogP contribution is 2.35. The zero-order valence-corrected chi connectivity index (χ0v) is 16.1. The van der Waals surface area contributed by atoms with E-state index in [0.29, 0.717) is 6.61 Å².